The highest BCUT2D eigenvalue weighted by Crippen LogP contribution is 2.41. The first kappa shape index (κ1) is 22.0. The number of halogens is 1. The van der Waals surface area contributed by atoms with E-state index in [4.69, 9.17) is 9.47 Å². The Labute approximate surface area is 195 Å². The van der Waals surface area contributed by atoms with Gasteiger partial charge in [-0.15, -0.1) is 11.3 Å². The largest absolute Gasteiger partial charge is 0.496 e. The molecule has 9 nitrogen and oxygen atoms in total. The van der Waals surface area contributed by atoms with E-state index in [9.17, 15) is 4.79 Å². The van der Waals surface area contributed by atoms with E-state index in [0.717, 1.165) is 32.8 Å². The average Bonchev–Trinajstić information content (AvgIpc) is 3.41. The molecule has 0 atom stereocenters. The number of aromatic nitrogens is 4. The highest BCUT2D eigenvalue weighted by atomic mass is 79.9. The fourth-order valence-corrected chi connectivity index (χ4v) is 4.53. The third-order valence-corrected chi connectivity index (χ3v) is 6.15. The Morgan fingerprint density at radius 2 is 2.09 bits per heavy atom. The van der Waals surface area contributed by atoms with E-state index in [2.05, 4.69) is 45.9 Å². The molecule has 0 aliphatic rings. The molecule has 0 fully saturated rings. The SMILES string of the molecule is CCOc1cc(-c2cc(NCCc3cc(Br)ccc3OC)ncn2)sc1-c1noc(=O)[nH]1. The van der Waals surface area contributed by atoms with E-state index in [1.807, 2.05) is 37.3 Å². The lowest BCUT2D eigenvalue weighted by Gasteiger charge is -2.10. The first-order valence-corrected chi connectivity index (χ1v) is 11.4. The summed E-state index contributed by atoms with van der Waals surface area (Å²) < 4.78 is 16.8. The lowest BCUT2D eigenvalue weighted by molar-refractivity contribution is 0.342. The van der Waals surface area contributed by atoms with Gasteiger partial charge in [0.25, 0.3) is 0 Å². The molecule has 0 saturated carbocycles. The van der Waals surface area contributed by atoms with E-state index < -0.39 is 5.76 Å². The predicted molar refractivity (Wildman–Crippen MR) is 126 cm³/mol. The van der Waals surface area contributed by atoms with Gasteiger partial charge in [0, 0.05) is 23.2 Å². The fourth-order valence-electron chi connectivity index (χ4n) is 3.11. The van der Waals surface area contributed by atoms with Crippen molar-refractivity contribution in [3.63, 3.8) is 0 Å². The van der Waals surface area contributed by atoms with Gasteiger partial charge in [-0.25, -0.2) is 14.8 Å². The molecular formula is C21H20BrN5O4S. The molecular weight excluding hydrogens is 498 g/mol. The molecule has 4 rings (SSSR count). The van der Waals surface area contributed by atoms with Gasteiger partial charge in [0.15, 0.2) is 5.82 Å². The van der Waals surface area contributed by atoms with Crippen LogP contribution in [0, 0.1) is 0 Å². The van der Waals surface area contributed by atoms with Crippen molar-refractivity contribution in [2.24, 2.45) is 0 Å². The smallest absolute Gasteiger partial charge is 0.439 e. The molecule has 0 unspecified atom stereocenters. The van der Waals surface area contributed by atoms with Crippen molar-refractivity contribution in [1.82, 2.24) is 20.1 Å². The number of rotatable bonds is 9. The van der Waals surface area contributed by atoms with Gasteiger partial charge in [0.2, 0.25) is 0 Å². The van der Waals surface area contributed by atoms with Gasteiger partial charge < -0.3 is 14.8 Å². The third kappa shape index (κ3) is 5.00. The maximum atomic E-state index is 11.4. The van der Waals surface area contributed by atoms with Crippen molar-refractivity contribution in [2.45, 2.75) is 13.3 Å². The van der Waals surface area contributed by atoms with Crippen LogP contribution in [0.15, 0.2) is 50.4 Å². The normalized spacial score (nSPS) is 10.8. The number of nitrogens with zero attached hydrogens (tertiary/aromatic N) is 3. The fraction of sp³-hybridized carbons (Fsp3) is 0.238. The Hall–Kier alpha value is -3.18. The molecule has 11 heteroatoms. The quantitative estimate of drug-likeness (QED) is 0.336. The van der Waals surface area contributed by atoms with Crippen LogP contribution in [0.2, 0.25) is 0 Å². The van der Waals surface area contributed by atoms with E-state index in [0.29, 0.717) is 35.4 Å². The van der Waals surface area contributed by atoms with Crippen LogP contribution in [-0.2, 0) is 6.42 Å². The molecule has 32 heavy (non-hydrogen) atoms. The summed E-state index contributed by atoms with van der Waals surface area (Å²) in [4.78, 5) is 24.1. The Morgan fingerprint density at radius 1 is 1.22 bits per heavy atom. The number of H-pyrrole nitrogens is 1. The molecule has 0 amide bonds. The van der Waals surface area contributed by atoms with Crippen LogP contribution in [0.1, 0.15) is 12.5 Å². The van der Waals surface area contributed by atoms with Crippen molar-refractivity contribution in [3.05, 3.63) is 57.2 Å². The van der Waals surface area contributed by atoms with E-state index in [1.54, 1.807) is 7.11 Å². The molecule has 0 saturated heterocycles. The van der Waals surface area contributed by atoms with Crippen LogP contribution < -0.4 is 20.5 Å². The summed E-state index contributed by atoms with van der Waals surface area (Å²) in [6.07, 6.45) is 2.27. The second kappa shape index (κ2) is 9.96. The maximum Gasteiger partial charge on any atom is 0.439 e. The maximum absolute atomic E-state index is 11.4. The highest BCUT2D eigenvalue weighted by Gasteiger charge is 2.18. The Kier molecular flexibility index (Phi) is 6.86. The number of hydrogen-bond acceptors (Lipinski definition) is 9. The summed E-state index contributed by atoms with van der Waals surface area (Å²) in [5.41, 5.74) is 1.82. The number of anilines is 1. The highest BCUT2D eigenvalue weighted by molar-refractivity contribution is 9.10. The van der Waals surface area contributed by atoms with E-state index in [-0.39, 0.29) is 0 Å². The third-order valence-electron chi connectivity index (χ3n) is 4.52. The van der Waals surface area contributed by atoms with E-state index in [1.165, 1.54) is 17.7 Å². The summed E-state index contributed by atoms with van der Waals surface area (Å²) in [6, 6.07) is 9.67. The predicted octanol–water partition coefficient (Wildman–Crippen LogP) is 4.37. The summed E-state index contributed by atoms with van der Waals surface area (Å²) >= 11 is 4.90. The van der Waals surface area contributed by atoms with Gasteiger partial charge in [-0.2, -0.15) is 0 Å². The molecule has 0 radical (unpaired) electrons. The van der Waals surface area contributed by atoms with Gasteiger partial charge in [0.05, 0.1) is 24.3 Å². The van der Waals surface area contributed by atoms with Crippen molar-refractivity contribution in [2.75, 3.05) is 25.6 Å². The first-order valence-electron chi connectivity index (χ1n) is 9.79. The van der Waals surface area contributed by atoms with Crippen molar-refractivity contribution < 1.29 is 14.0 Å². The van der Waals surface area contributed by atoms with Crippen LogP contribution >= 0.6 is 27.3 Å². The second-order valence-corrected chi connectivity index (χ2v) is 8.57. The van der Waals surface area contributed by atoms with Crippen molar-refractivity contribution >= 4 is 33.1 Å². The number of nitrogens with one attached hydrogen (secondary N) is 2. The van der Waals surface area contributed by atoms with Crippen LogP contribution in [-0.4, -0.2) is 40.4 Å². The van der Waals surface area contributed by atoms with Gasteiger partial charge in [-0.1, -0.05) is 21.1 Å². The summed E-state index contributed by atoms with van der Waals surface area (Å²) in [5.74, 6) is 1.86. The van der Waals surface area contributed by atoms with Crippen LogP contribution in [0.25, 0.3) is 21.3 Å². The number of methoxy groups -OCH3 is 1. The standard InChI is InChI=1S/C21H20BrN5O4S/c1-3-30-16-10-17(32-19(16)20-26-21(28)31-27-20)14-9-18(25-11-24-14)23-7-6-12-8-13(22)4-5-15(12)29-2/h4-5,8-11H,3,6-7H2,1-2H3,(H,23,24,25)(H,26,27,28). The number of ether oxygens (including phenoxy) is 2. The number of aromatic amines is 1. The molecule has 3 heterocycles. The number of benzene rings is 1. The zero-order valence-electron chi connectivity index (χ0n) is 17.3. The minimum Gasteiger partial charge on any atom is -0.496 e. The van der Waals surface area contributed by atoms with Gasteiger partial charge in [-0.3, -0.25) is 9.51 Å². The Morgan fingerprint density at radius 3 is 2.84 bits per heavy atom. The number of thiophene rings is 1. The number of hydrogen-bond donors (Lipinski definition) is 2. The van der Waals surface area contributed by atoms with Crippen LogP contribution in [0.5, 0.6) is 11.5 Å². The summed E-state index contributed by atoms with van der Waals surface area (Å²) in [6.45, 7) is 3.03. The van der Waals surface area contributed by atoms with Gasteiger partial charge in [-0.05, 0) is 37.1 Å². The molecule has 1 aromatic carbocycles. The van der Waals surface area contributed by atoms with Crippen LogP contribution in [0.4, 0.5) is 5.82 Å². The molecule has 3 aromatic heterocycles. The van der Waals surface area contributed by atoms with Crippen molar-refractivity contribution in [3.8, 4) is 32.8 Å². The lowest BCUT2D eigenvalue weighted by atomic mass is 10.1. The molecule has 166 valence electrons. The molecule has 2 N–H and O–H groups in total. The molecule has 0 aliphatic carbocycles. The van der Waals surface area contributed by atoms with Gasteiger partial charge >= 0.3 is 5.76 Å². The van der Waals surface area contributed by atoms with E-state index >= 15 is 0 Å². The molecule has 0 bridgehead atoms. The minimum atomic E-state index is -0.618. The molecule has 0 spiro atoms. The first-order chi connectivity index (χ1) is 15.6. The van der Waals surface area contributed by atoms with Crippen molar-refractivity contribution in [1.29, 1.82) is 0 Å². The summed E-state index contributed by atoms with van der Waals surface area (Å²) in [5, 5.41) is 7.10. The zero-order chi connectivity index (χ0) is 22.5. The minimum absolute atomic E-state index is 0.324. The lowest BCUT2D eigenvalue weighted by Crippen LogP contribution is -2.07. The molecule has 0 aliphatic heterocycles. The molecule has 4 aromatic rings. The monoisotopic (exact) mass is 517 g/mol. The topological polar surface area (TPSA) is 115 Å². The van der Waals surface area contributed by atoms with Crippen LogP contribution in [0.3, 0.4) is 0 Å². The Bertz CT molecular complexity index is 1270. The Balaban J connectivity index is 1.52. The average molecular weight is 518 g/mol. The summed E-state index contributed by atoms with van der Waals surface area (Å²) in [7, 11) is 1.66. The van der Waals surface area contributed by atoms with Gasteiger partial charge in [0.1, 0.15) is 28.5 Å². The zero-order valence-corrected chi connectivity index (χ0v) is 19.7. The second-order valence-electron chi connectivity index (χ2n) is 6.60.